The zero-order chi connectivity index (χ0) is 13.9. The fraction of sp³-hybridized carbons (Fsp3) is 0.182. The Morgan fingerprint density at radius 2 is 2.00 bits per heavy atom. The van der Waals surface area contributed by atoms with Crippen LogP contribution in [0.4, 0.5) is 0 Å². The van der Waals surface area contributed by atoms with Crippen LogP contribution in [0.15, 0.2) is 21.4 Å². The summed E-state index contributed by atoms with van der Waals surface area (Å²) in [6.07, 6.45) is -0.164. The molecule has 0 spiro atoms. The third-order valence-electron chi connectivity index (χ3n) is 2.01. The van der Waals surface area contributed by atoms with Crippen molar-refractivity contribution < 1.29 is 29.3 Å². The predicted octanol–water partition coefficient (Wildman–Crippen LogP) is 0.597. The SMILES string of the molecule is Cc1cc(O)c(/C(=C/C(=O)O)CC(=O)O)c(=O)o1. The van der Waals surface area contributed by atoms with Gasteiger partial charge in [-0.2, -0.15) is 0 Å². The molecule has 0 atom stereocenters. The van der Waals surface area contributed by atoms with E-state index in [2.05, 4.69) is 0 Å². The van der Waals surface area contributed by atoms with Crippen LogP contribution in [-0.4, -0.2) is 27.3 Å². The summed E-state index contributed by atoms with van der Waals surface area (Å²) >= 11 is 0. The van der Waals surface area contributed by atoms with Crippen molar-refractivity contribution in [3.05, 3.63) is 33.9 Å². The Kier molecular flexibility index (Phi) is 3.88. The Bertz CT molecular complexity index is 580. The Labute approximate surface area is 101 Å². The summed E-state index contributed by atoms with van der Waals surface area (Å²) in [6.45, 7) is 1.42. The van der Waals surface area contributed by atoms with Crippen molar-refractivity contribution in [2.24, 2.45) is 0 Å². The summed E-state index contributed by atoms with van der Waals surface area (Å²) in [7, 11) is 0. The summed E-state index contributed by atoms with van der Waals surface area (Å²) in [5, 5.41) is 26.8. The second-order valence-electron chi connectivity index (χ2n) is 3.48. The highest BCUT2D eigenvalue weighted by Crippen LogP contribution is 2.25. The number of hydrogen-bond donors (Lipinski definition) is 3. The van der Waals surface area contributed by atoms with Gasteiger partial charge in [0.15, 0.2) is 0 Å². The fourth-order valence-corrected chi connectivity index (χ4v) is 1.42. The number of hydrogen-bond acceptors (Lipinski definition) is 5. The molecule has 0 saturated heterocycles. The lowest BCUT2D eigenvalue weighted by molar-refractivity contribution is -0.135. The van der Waals surface area contributed by atoms with Gasteiger partial charge in [-0.3, -0.25) is 4.79 Å². The lowest BCUT2D eigenvalue weighted by Gasteiger charge is -2.05. The molecular formula is C11H10O7. The van der Waals surface area contributed by atoms with E-state index in [9.17, 15) is 19.5 Å². The lowest BCUT2D eigenvalue weighted by atomic mass is 10.0. The molecule has 0 saturated carbocycles. The van der Waals surface area contributed by atoms with Crippen LogP contribution in [0.5, 0.6) is 5.75 Å². The molecule has 3 N–H and O–H groups in total. The van der Waals surface area contributed by atoms with Crippen molar-refractivity contribution in [2.45, 2.75) is 13.3 Å². The topological polar surface area (TPSA) is 125 Å². The van der Waals surface area contributed by atoms with Gasteiger partial charge in [-0.1, -0.05) is 0 Å². The minimum absolute atomic E-state index is 0.131. The van der Waals surface area contributed by atoms with Crippen molar-refractivity contribution in [1.82, 2.24) is 0 Å². The maximum Gasteiger partial charge on any atom is 0.347 e. The normalized spacial score (nSPS) is 11.3. The van der Waals surface area contributed by atoms with Crippen LogP contribution in [-0.2, 0) is 9.59 Å². The van der Waals surface area contributed by atoms with Crippen LogP contribution in [0.1, 0.15) is 17.7 Å². The zero-order valence-electron chi connectivity index (χ0n) is 9.34. The van der Waals surface area contributed by atoms with E-state index < -0.39 is 35.3 Å². The van der Waals surface area contributed by atoms with Crippen LogP contribution < -0.4 is 5.63 Å². The van der Waals surface area contributed by atoms with Crippen molar-refractivity contribution in [3.8, 4) is 5.75 Å². The second-order valence-corrected chi connectivity index (χ2v) is 3.48. The van der Waals surface area contributed by atoms with Gasteiger partial charge >= 0.3 is 17.6 Å². The first kappa shape index (κ1) is 13.5. The molecule has 1 aromatic rings. The largest absolute Gasteiger partial charge is 0.507 e. The van der Waals surface area contributed by atoms with Crippen LogP contribution >= 0.6 is 0 Å². The van der Waals surface area contributed by atoms with Gasteiger partial charge in [0.05, 0.1) is 6.42 Å². The highest BCUT2D eigenvalue weighted by Gasteiger charge is 2.18. The molecule has 0 aromatic carbocycles. The van der Waals surface area contributed by atoms with E-state index in [1.54, 1.807) is 0 Å². The first-order chi connectivity index (χ1) is 8.31. The van der Waals surface area contributed by atoms with Crippen molar-refractivity contribution >= 4 is 17.5 Å². The predicted molar refractivity (Wildman–Crippen MR) is 59.2 cm³/mol. The number of aliphatic carboxylic acids is 2. The summed E-state index contributed by atoms with van der Waals surface area (Å²) in [4.78, 5) is 32.7. The molecule has 1 aromatic heterocycles. The minimum atomic E-state index is -1.43. The van der Waals surface area contributed by atoms with E-state index in [4.69, 9.17) is 14.6 Å². The Morgan fingerprint density at radius 1 is 1.39 bits per heavy atom. The van der Waals surface area contributed by atoms with Gasteiger partial charge in [-0.05, 0) is 12.5 Å². The van der Waals surface area contributed by atoms with Crippen molar-refractivity contribution in [1.29, 1.82) is 0 Å². The molecule has 0 bridgehead atoms. The van der Waals surface area contributed by atoms with Gasteiger partial charge < -0.3 is 19.7 Å². The number of rotatable bonds is 4. The standard InChI is InChI=1S/C11H10O7/c1-5-2-7(12)10(11(17)18-5)6(3-8(13)14)4-9(15)16/h2-3,12H,4H2,1H3,(H,13,14)(H,15,16)/b6-3+. The summed E-state index contributed by atoms with van der Waals surface area (Å²) in [6, 6.07) is 1.11. The molecule has 0 fully saturated rings. The number of carboxylic acid groups (broad SMARTS) is 2. The number of aromatic hydroxyl groups is 1. The van der Waals surface area contributed by atoms with Gasteiger partial charge in [0, 0.05) is 12.1 Å². The highest BCUT2D eigenvalue weighted by atomic mass is 16.4. The molecule has 0 aliphatic rings. The van der Waals surface area contributed by atoms with Crippen LogP contribution in [0.2, 0.25) is 0 Å². The van der Waals surface area contributed by atoms with Gasteiger partial charge in [0.1, 0.15) is 17.1 Å². The van der Waals surface area contributed by atoms with Gasteiger partial charge in [0.2, 0.25) is 0 Å². The fourth-order valence-electron chi connectivity index (χ4n) is 1.42. The van der Waals surface area contributed by atoms with E-state index >= 15 is 0 Å². The third kappa shape index (κ3) is 3.21. The molecule has 0 aliphatic heterocycles. The molecule has 7 heteroatoms. The average Bonchev–Trinajstić information content (AvgIpc) is 2.12. The molecular weight excluding hydrogens is 244 g/mol. The molecule has 0 unspecified atom stereocenters. The first-order valence-corrected chi connectivity index (χ1v) is 4.80. The summed E-state index contributed by atoms with van der Waals surface area (Å²) < 4.78 is 4.69. The van der Waals surface area contributed by atoms with E-state index in [-0.39, 0.29) is 11.3 Å². The monoisotopic (exact) mass is 254 g/mol. The Balaban J connectivity index is 3.43. The first-order valence-electron chi connectivity index (χ1n) is 4.80. The molecule has 0 amide bonds. The molecule has 1 heterocycles. The Hall–Kier alpha value is -2.57. The van der Waals surface area contributed by atoms with Crippen LogP contribution in [0.25, 0.3) is 5.57 Å². The van der Waals surface area contributed by atoms with E-state index in [1.807, 2.05) is 0 Å². The number of carbonyl (C=O) groups is 2. The smallest absolute Gasteiger partial charge is 0.347 e. The lowest BCUT2D eigenvalue weighted by Crippen LogP contribution is -2.11. The van der Waals surface area contributed by atoms with E-state index in [1.165, 1.54) is 6.92 Å². The minimum Gasteiger partial charge on any atom is -0.507 e. The molecule has 7 nitrogen and oxygen atoms in total. The van der Waals surface area contributed by atoms with Crippen molar-refractivity contribution in [3.63, 3.8) is 0 Å². The maximum absolute atomic E-state index is 11.5. The molecule has 0 radical (unpaired) electrons. The van der Waals surface area contributed by atoms with E-state index in [0.717, 1.165) is 6.07 Å². The average molecular weight is 254 g/mol. The molecule has 0 aliphatic carbocycles. The zero-order valence-corrected chi connectivity index (χ0v) is 9.34. The van der Waals surface area contributed by atoms with Gasteiger partial charge in [-0.25, -0.2) is 9.59 Å². The second kappa shape index (κ2) is 5.17. The van der Waals surface area contributed by atoms with Crippen molar-refractivity contribution in [2.75, 3.05) is 0 Å². The highest BCUT2D eigenvalue weighted by molar-refractivity contribution is 5.95. The summed E-state index contributed by atoms with van der Waals surface area (Å²) in [5.74, 6) is -3.14. The van der Waals surface area contributed by atoms with Gasteiger partial charge in [0.25, 0.3) is 0 Å². The van der Waals surface area contributed by atoms with Crippen LogP contribution in [0, 0.1) is 6.92 Å². The Morgan fingerprint density at radius 3 is 2.44 bits per heavy atom. The molecule has 1 rings (SSSR count). The third-order valence-corrected chi connectivity index (χ3v) is 2.01. The molecule has 96 valence electrons. The number of carboxylic acids is 2. The quantitative estimate of drug-likeness (QED) is 0.671. The van der Waals surface area contributed by atoms with E-state index in [0.29, 0.717) is 6.08 Å². The number of aryl methyl sites for hydroxylation is 1. The van der Waals surface area contributed by atoms with Crippen LogP contribution in [0.3, 0.4) is 0 Å². The van der Waals surface area contributed by atoms with Gasteiger partial charge in [-0.15, -0.1) is 0 Å². The maximum atomic E-state index is 11.5. The molecule has 18 heavy (non-hydrogen) atoms. The summed E-state index contributed by atoms with van der Waals surface area (Å²) in [5.41, 5.74) is -1.77.